The average Bonchev–Trinajstić information content (AvgIpc) is 2.85. The topological polar surface area (TPSA) is 30.5 Å². The highest BCUT2D eigenvalue weighted by atomic mass is 16.5. The van der Waals surface area contributed by atoms with Crippen molar-refractivity contribution in [1.29, 1.82) is 0 Å². The van der Waals surface area contributed by atoms with Gasteiger partial charge in [-0.1, -0.05) is 13.3 Å². The SMILES string of the molecule is CCC1CCC(OC[C@@H]2C[C@H](OC)CN2)CC1. The first-order chi connectivity index (χ1) is 8.31. The predicted octanol–water partition coefficient (Wildman–Crippen LogP) is 2.35. The van der Waals surface area contributed by atoms with Crippen LogP contribution in [0.4, 0.5) is 0 Å². The summed E-state index contributed by atoms with van der Waals surface area (Å²) in [6, 6.07) is 0.504. The molecule has 0 aromatic rings. The zero-order valence-electron chi connectivity index (χ0n) is 11.3. The Morgan fingerprint density at radius 2 is 1.88 bits per heavy atom. The summed E-state index contributed by atoms with van der Waals surface area (Å²) in [7, 11) is 1.79. The quantitative estimate of drug-likeness (QED) is 0.801. The van der Waals surface area contributed by atoms with Gasteiger partial charge in [0.1, 0.15) is 0 Å². The second-order valence-electron chi connectivity index (χ2n) is 5.58. The molecule has 2 atom stereocenters. The highest BCUT2D eigenvalue weighted by Gasteiger charge is 2.26. The van der Waals surface area contributed by atoms with Gasteiger partial charge in [0.05, 0.1) is 18.8 Å². The normalized spacial score (nSPS) is 38.5. The lowest BCUT2D eigenvalue weighted by Gasteiger charge is -2.28. The van der Waals surface area contributed by atoms with Gasteiger partial charge in [0, 0.05) is 19.7 Å². The van der Waals surface area contributed by atoms with Crippen molar-refractivity contribution in [2.75, 3.05) is 20.3 Å². The summed E-state index contributed by atoms with van der Waals surface area (Å²) in [6.07, 6.45) is 8.59. The van der Waals surface area contributed by atoms with Gasteiger partial charge in [0.25, 0.3) is 0 Å². The maximum absolute atomic E-state index is 6.03. The number of hydrogen-bond donors (Lipinski definition) is 1. The number of hydrogen-bond acceptors (Lipinski definition) is 3. The Kier molecular flexibility index (Phi) is 5.26. The zero-order valence-corrected chi connectivity index (χ0v) is 11.3. The molecule has 0 spiro atoms. The summed E-state index contributed by atoms with van der Waals surface area (Å²) in [4.78, 5) is 0. The van der Waals surface area contributed by atoms with E-state index in [4.69, 9.17) is 9.47 Å². The van der Waals surface area contributed by atoms with Gasteiger partial charge in [-0.05, 0) is 38.0 Å². The van der Waals surface area contributed by atoms with E-state index in [1.54, 1.807) is 7.11 Å². The summed E-state index contributed by atoms with van der Waals surface area (Å²) in [5.41, 5.74) is 0. The summed E-state index contributed by atoms with van der Waals surface area (Å²) >= 11 is 0. The van der Waals surface area contributed by atoms with Crippen molar-refractivity contribution in [3.05, 3.63) is 0 Å². The first-order valence-electron chi connectivity index (χ1n) is 7.19. The molecule has 0 bridgehead atoms. The molecule has 3 heteroatoms. The van der Waals surface area contributed by atoms with E-state index in [9.17, 15) is 0 Å². The first-order valence-corrected chi connectivity index (χ1v) is 7.19. The number of rotatable bonds is 5. The van der Waals surface area contributed by atoms with Crippen LogP contribution in [-0.2, 0) is 9.47 Å². The highest BCUT2D eigenvalue weighted by Crippen LogP contribution is 2.28. The smallest absolute Gasteiger partial charge is 0.0711 e. The minimum absolute atomic E-state index is 0.388. The van der Waals surface area contributed by atoms with Crippen LogP contribution < -0.4 is 5.32 Å². The maximum atomic E-state index is 6.03. The third-order valence-corrected chi connectivity index (χ3v) is 4.42. The Labute approximate surface area is 105 Å². The van der Waals surface area contributed by atoms with Crippen LogP contribution in [0.1, 0.15) is 45.4 Å². The van der Waals surface area contributed by atoms with Gasteiger partial charge in [0.15, 0.2) is 0 Å². The van der Waals surface area contributed by atoms with Crippen molar-refractivity contribution in [1.82, 2.24) is 5.32 Å². The van der Waals surface area contributed by atoms with E-state index in [-0.39, 0.29) is 0 Å². The number of ether oxygens (including phenoxy) is 2. The number of methoxy groups -OCH3 is 1. The summed E-state index contributed by atoms with van der Waals surface area (Å²) in [6.45, 7) is 4.15. The second kappa shape index (κ2) is 6.72. The van der Waals surface area contributed by atoms with Crippen molar-refractivity contribution in [3.8, 4) is 0 Å². The minimum Gasteiger partial charge on any atom is -0.380 e. The summed E-state index contributed by atoms with van der Waals surface area (Å²) in [5, 5.41) is 3.47. The molecule has 2 fully saturated rings. The first kappa shape index (κ1) is 13.3. The molecule has 0 amide bonds. The molecule has 17 heavy (non-hydrogen) atoms. The lowest BCUT2D eigenvalue weighted by molar-refractivity contribution is 0.00665. The van der Waals surface area contributed by atoms with Gasteiger partial charge in [-0.3, -0.25) is 0 Å². The predicted molar refractivity (Wildman–Crippen MR) is 69.2 cm³/mol. The van der Waals surface area contributed by atoms with Crippen molar-refractivity contribution in [2.24, 2.45) is 5.92 Å². The van der Waals surface area contributed by atoms with Crippen LogP contribution >= 0.6 is 0 Å². The van der Waals surface area contributed by atoms with E-state index < -0.39 is 0 Å². The molecule has 1 heterocycles. The van der Waals surface area contributed by atoms with Crippen LogP contribution in [0, 0.1) is 5.92 Å². The Morgan fingerprint density at radius 3 is 2.47 bits per heavy atom. The molecular weight excluding hydrogens is 214 g/mol. The average molecular weight is 241 g/mol. The van der Waals surface area contributed by atoms with Gasteiger partial charge in [-0.15, -0.1) is 0 Å². The van der Waals surface area contributed by atoms with E-state index in [1.807, 2.05) is 0 Å². The molecule has 0 aromatic carbocycles. The van der Waals surface area contributed by atoms with Gasteiger partial charge in [0.2, 0.25) is 0 Å². The number of nitrogens with one attached hydrogen (secondary N) is 1. The minimum atomic E-state index is 0.388. The van der Waals surface area contributed by atoms with Crippen LogP contribution in [0.25, 0.3) is 0 Å². The van der Waals surface area contributed by atoms with E-state index >= 15 is 0 Å². The van der Waals surface area contributed by atoms with E-state index in [0.29, 0.717) is 18.2 Å². The molecule has 2 rings (SSSR count). The fraction of sp³-hybridized carbons (Fsp3) is 1.00. The van der Waals surface area contributed by atoms with Crippen LogP contribution in [0.3, 0.4) is 0 Å². The fourth-order valence-corrected chi connectivity index (χ4v) is 3.05. The van der Waals surface area contributed by atoms with Gasteiger partial charge in [-0.2, -0.15) is 0 Å². The fourth-order valence-electron chi connectivity index (χ4n) is 3.05. The van der Waals surface area contributed by atoms with Crippen LogP contribution in [0.2, 0.25) is 0 Å². The van der Waals surface area contributed by atoms with Crippen LogP contribution in [-0.4, -0.2) is 38.5 Å². The van der Waals surface area contributed by atoms with Crippen molar-refractivity contribution in [2.45, 2.75) is 63.7 Å². The molecule has 0 unspecified atom stereocenters. The van der Waals surface area contributed by atoms with Crippen molar-refractivity contribution >= 4 is 0 Å². The van der Waals surface area contributed by atoms with Crippen molar-refractivity contribution < 1.29 is 9.47 Å². The van der Waals surface area contributed by atoms with Crippen LogP contribution in [0.5, 0.6) is 0 Å². The lowest BCUT2D eigenvalue weighted by Crippen LogP contribution is -2.31. The monoisotopic (exact) mass is 241 g/mol. The Hall–Kier alpha value is -0.120. The largest absolute Gasteiger partial charge is 0.380 e. The molecule has 1 aliphatic heterocycles. The Balaban J connectivity index is 1.60. The molecule has 0 radical (unpaired) electrons. The summed E-state index contributed by atoms with van der Waals surface area (Å²) < 4.78 is 11.4. The molecule has 1 saturated heterocycles. The summed E-state index contributed by atoms with van der Waals surface area (Å²) in [5.74, 6) is 0.956. The molecule has 2 aliphatic rings. The second-order valence-corrected chi connectivity index (χ2v) is 5.58. The molecular formula is C14H27NO2. The molecule has 0 aromatic heterocycles. The van der Waals surface area contributed by atoms with E-state index in [0.717, 1.165) is 25.5 Å². The third-order valence-electron chi connectivity index (χ3n) is 4.42. The highest BCUT2D eigenvalue weighted by molar-refractivity contribution is 4.82. The maximum Gasteiger partial charge on any atom is 0.0711 e. The molecule has 3 nitrogen and oxygen atoms in total. The Morgan fingerprint density at radius 1 is 1.12 bits per heavy atom. The Bertz CT molecular complexity index is 214. The van der Waals surface area contributed by atoms with E-state index in [2.05, 4.69) is 12.2 Å². The molecule has 100 valence electrons. The molecule has 1 aliphatic carbocycles. The van der Waals surface area contributed by atoms with Gasteiger partial charge in [-0.25, -0.2) is 0 Å². The van der Waals surface area contributed by atoms with Crippen LogP contribution in [0.15, 0.2) is 0 Å². The molecule has 1 N–H and O–H groups in total. The zero-order chi connectivity index (χ0) is 12.1. The van der Waals surface area contributed by atoms with Gasteiger partial charge >= 0.3 is 0 Å². The molecule has 1 saturated carbocycles. The third kappa shape index (κ3) is 3.94. The van der Waals surface area contributed by atoms with Crippen molar-refractivity contribution in [3.63, 3.8) is 0 Å². The standard InChI is InChI=1S/C14H27NO2/c1-3-11-4-6-13(7-5-11)17-10-12-8-14(16-2)9-15-12/h11-15H,3-10H2,1-2H3/t11?,12-,13?,14-/m0/s1. The van der Waals surface area contributed by atoms with E-state index in [1.165, 1.54) is 32.1 Å². The van der Waals surface area contributed by atoms with Gasteiger partial charge < -0.3 is 14.8 Å². The lowest BCUT2D eigenvalue weighted by atomic mass is 9.86.